The summed E-state index contributed by atoms with van der Waals surface area (Å²) in [5.74, 6) is -1.46. The molecule has 2 aromatic carbocycles. The Morgan fingerprint density at radius 2 is 1.82 bits per heavy atom. The summed E-state index contributed by atoms with van der Waals surface area (Å²) in [6.07, 6.45) is 0. The molecule has 0 saturated heterocycles. The van der Waals surface area contributed by atoms with Crippen LogP contribution in [0.4, 0.5) is 5.69 Å². The topological polar surface area (TPSA) is 87.1 Å². The largest absolute Gasteiger partial charge is 0.503 e. The molecule has 0 fully saturated rings. The molecule has 1 unspecified atom stereocenters. The van der Waals surface area contributed by atoms with Crippen molar-refractivity contribution in [1.29, 1.82) is 0 Å². The van der Waals surface area contributed by atoms with Crippen molar-refractivity contribution < 1.29 is 24.5 Å². The molecule has 2 N–H and O–H groups in total. The number of aliphatic hydroxyl groups excluding tert-OH is 2. The smallest absolute Gasteiger partial charge is 0.294 e. The summed E-state index contributed by atoms with van der Waals surface area (Å²) in [6, 6.07) is 17.7. The van der Waals surface area contributed by atoms with Crippen LogP contribution in [0.2, 0.25) is 0 Å². The number of para-hydroxylation sites is 1. The van der Waals surface area contributed by atoms with E-state index in [9.17, 15) is 19.8 Å². The van der Waals surface area contributed by atoms with E-state index in [2.05, 4.69) is 0 Å². The van der Waals surface area contributed by atoms with Gasteiger partial charge in [-0.15, -0.1) is 11.3 Å². The third kappa shape index (κ3) is 4.29. The first kappa shape index (κ1) is 22.8. The summed E-state index contributed by atoms with van der Waals surface area (Å²) >= 11 is 1.62. The number of rotatable bonds is 8. The first-order valence-corrected chi connectivity index (χ1v) is 11.6. The van der Waals surface area contributed by atoms with Crippen LogP contribution < -0.4 is 9.64 Å². The summed E-state index contributed by atoms with van der Waals surface area (Å²) < 4.78 is 5.71. The number of amides is 1. The van der Waals surface area contributed by atoms with Gasteiger partial charge in [0.15, 0.2) is 11.5 Å². The molecule has 1 atom stereocenters. The van der Waals surface area contributed by atoms with Crippen LogP contribution in [0.1, 0.15) is 25.5 Å². The number of ether oxygens (including phenoxy) is 1. The minimum absolute atomic E-state index is 0.0531. The fourth-order valence-corrected chi connectivity index (χ4v) is 4.68. The van der Waals surface area contributed by atoms with Crippen LogP contribution in [0.3, 0.4) is 0 Å². The predicted octanol–water partition coefficient (Wildman–Crippen LogP) is 4.91. The lowest BCUT2D eigenvalue weighted by Gasteiger charge is -2.28. The molecule has 33 heavy (non-hydrogen) atoms. The summed E-state index contributed by atoms with van der Waals surface area (Å²) in [5.41, 5.74) is 2.19. The normalized spacial score (nSPS) is 16.1. The zero-order valence-electron chi connectivity index (χ0n) is 18.4. The van der Waals surface area contributed by atoms with Gasteiger partial charge in [-0.25, -0.2) is 0 Å². The molecule has 2 heterocycles. The van der Waals surface area contributed by atoms with Gasteiger partial charge in [0.05, 0.1) is 18.2 Å². The average molecular weight is 464 g/mol. The molecule has 0 aliphatic carbocycles. The van der Waals surface area contributed by atoms with Crippen LogP contribution >= 0.6 is 11.3 Å². The molecule has 1 aromatic heterocycles. The molecule has 170 valence electrons. The lowest BCUT2D eigenvalue weighted by Crippen LogP contribution is -2.31. The highest BCUT2D eigenvalue weighted by atomic mass is 32.1. The van der Waals surface area contributed by atoms with Crippen molar-refractivity contribution in [3.05, 3.63) is 82.9 Å². The van der Waals surface area contributed by atoms with Gasteiger partial charge in [0, 0.05) is 22.0 Å². The number of hydrogen-bond acceptors (Lipinski definition) is 6. The molecule has 6 nitrogen and oxygen atoms in total. The Morgan fingerprint density at radius 1 is 1.09 bits per heavy atom. The van der Waals surface area contributed by atoms with Crippen molar-refractivity contribution in [1.82, 2.24) is 0 Å². The minimum Gasteiger partial charge on any atom is -0.503 e. The number of hydrogen-bond donors (Lipinski definition) is 2. The summed E-state index contributed by atoms with van der Waals surface area (Å²) in [4.78, 5) is 28.9. The third-order valence-corrected chi connectivity index (χ3v) is 6.43. The standard InChI is InChI=1S/C26H25NO5S/c1-16(2)24(29)22-23(19-6-3-4-7-20(19)32-14-13-28)27(26(31)25(22)30)18-11-9-17(10-12-18)21-8-5-15-33-21/h3-12,15-16,23,28,30H,13-14H2,1-2H3. The summed E-state index contributed by atoms with van der Waals surface area (Å²) in [6.45, 7) is 3.36. The number of aliphatic hydroxyl groups is 2. The molecule has 0 radical (unpaired) electrons. The number of ketones is 1. The number of thiophene rings is 1. The summed E-state index contributed by atoms with van der Waals surface area (Å²) in [5, 5.41) is 22.0. The minimum atomic E-state index is -0.852. The molecule has 7 heteroatoms. The molecule has 1 aliphatic rings. The molecule has 3 aromatic rings. The number of Topliss-reactive ketones (excluding diaryl/α,β-unsaturated/α-hetero) is 1. The Labute approximate surface area is 196 Å². The number of anilines is 1. The van der Waals surface area contributed by atoms with Gasteiger partial charge in [0.1, 0.15) is 12.4 Å². The molecule has 1 amide bonds. The van der Waals surface area contributed by atoms with Crippen LogP contribution in [0.25, 0.3) is 10.4 Å². The van der Waals surface area contributed by atoms with Crippen molar-refractivity contribution in [3.63, 3.8) is 0 Å². The van der Waals surface area contributed by atoms with Crippen LogP contribution in [0.15, 0.2) is 77.4 Å². The number of nitrogens with zero attached hydrogens (tertiary/aromatic N) is 1. The first-order chi connectivity index (χ1) is 15.9. The number of benzene rings is 2. The van der Waals surface area contributed by atoms with E-state index in [1.54, 1.807) is 49.4 Å². The maximum Gasteiger partial charge on any atom is 0.294 e. The van der Waals surface area contributed by atoms with Gasteiger partial charge in [-0.05, 0) is 35.2 Å². The van der Waals surface area contributed by atoms with E-state index in [0.29, 0.717) is 17.0 Å². The van der Waals surface area contributed by atoms with Crippen LogP contribution in [-0.2, 0) is 9.59 Å². The molecule has 0 spiro atoms. The van der Waals surface area contributed by atoms with E-state index < -0.39 is 23.6 Å². The molecule has 0 bridgehead atoms. The lowest BCUT2D eigenvalue weighted by atomic mass is 9.90. The van der Waals surface area contributed by atoms with Gasteiger partial charge >= 0.3 is 0 Å². The second-order valence-electron chi connectivity index (χ2n) is 7.99. The maximum absolute atomic E-state index is 13.3. The van der Waals surface area contributed by atoms with Gasteiger partial charge in [0.2, 0.25) is 0 Å². The van der Waals surface area contributed by atoms with Crippen molar-refractivity contribution in [2.24, 2.45) is 5.92 Å². The van der Waals surface area contributed by atoms with E-state index >= 15 is 0 Å². The zero-order chi connectivity index (χ0) is 23.5. The Hall–Kier alpha value is -3.42. The monoisotopic (exact) mass is 463 g/mol. The number of carbonyl (C=O) groups excluding carboxylic acids is 2. The Balaban J connectivity index is 1.83. The van der Waals surface area contributed by atoms with E-state index in [1.165, 1.54) is 4.90 Å². The highest BCUT2D eigenvalue weighted by Gasteiger charge is 2.45. The second kappa shape index (κ2) is 9.60. The van der Waals surface area contributed by atoms with Crippen LogP contribution in [0, 0.1) is 5.92 Å². The SMILES string of the molecule is CC(C)C(=O)C1=C(O)C(=O)N(c2ccc(-c3cccs3)cc2)C1c1ccccc1OCCO. The molecule has 1 aliphatic heterocycles. The maximum atomic E-state index is 13.3. The van der Waals surface area contributed by atoms with Gasteiger partial charge in [-0.2, -0.15) is 0 Å². The van der Waals surface area contributed by atoms with Crippen molar-refractivity contribution in [3.8, 4) is 16.2 Å². The molecular formula is C26H25NO5S. The lowest BCUT2D eigenvalue weighted by molar-refractivity contribution is -0.119. The van der Waals surface area contributed by atoms with E-state index in [0.717, 1.165) is 10.4 Å². The van der Waals surface area contributed by atoms with Gasteiger partial charge in [-0.3, -0.25) is 14.5 Å². The van der Waals surface area contributed by atoms with Crippen LogP contribution in [0.5, 0.6) is 5.75 Å². The molecule has 0 saturated carbocycles. The van der Waals surface area contributed by atoms with Gasteiger partial charge < -0.3 is 14.9 Å². The van der Waals surface area contributed by atoms with Crippen molar-refractivity contribution in [2.75, 3.05) is 18.1 Å². The van der Waals surface area contributed by atoms with Gasteiger partial charge in [-0.1, -0.05) is 50.2 Å². The zero-order valence-corrected chi connectivity index (χ0v) is 19.2. The predicted molar refractivity (Wildman–Crippen MR) is 129 cm³/mol. The van der Waals surface area contributed by atoms with E-state index in [4.69, 9.17) is 4.74 Å². The number of carbonyl (C=O) groups is 2. The van der Waals surface area contributed by atoms with Crippen molar-refractivity contribution >= 4 is 28.7 Å². The Kier molecular flexibility index (Phi) is 6.62. The highest BCUT2D eigenvalue weighted by Crippen LogP contribution is 2.45. The average Bonchev–Trinajstić information content (AvgIpc) is 3.45. The quantitative estimate of drug-likeness (QED) is 0.496. The molecular weight excluding hydrogens is 438 g/mol. The highest BCUT2D eigenvalue weighted by molar-refractivity contribution is 7.13. The van der Waals surface area contributed by atoms with Crippen molar-refractivity contribution in [2.45, 2.75) is 19.9 Å². The fraction of sp³-hybridized carbons (Fsp3) is 0.231. The van der Waals surface area contributed by atoms with E-state index in [1.807, 2.05) is 41.8 Å². The third-order valence-electron chi connectivity index (χ3n) is 5.51. The fourth-order valence-electron chi connectivity index (χ4n) is 3.95. The van der Waals surface area contributed by atoms with E-state index in [-0.39, 0.29) is 24.6 Å². The Morgan fingerprint density at radius 3 is 2.45 bits per heavy atom. The molecule has 4 rings (SSSR count). The first-order valence-electron chi connectivity index (χ1n) is 10.7. The Bertz CT molecular complexity index is 1180. The second-order valence-corrected chi connectivity index (χ2v) is 8.94. The summed E-state index contributed by atoms with van der Waals surface area (Å²) in [7, 11) is 0. The van der Waals surface area contributed by atoms with Gasteiger partial charge in [0.25, 0.3) is 5.91 Å². The van der Waals surface area contributed by atoms with Crippen LogP contribution in [-0.4, -0.2) is 35.1 Å².